The standard InChI is InChI=1S/C15H14F3N3O3S/c1-24-7-11-6-12(22)21-14(20-11)25-8-13(23)19-10-4-2-3-9(5-10)15(16,17)18/h2-6H,7-8H2,1H3,(H,19,23)(H,20,21,22). The van der Waals surface area contributed by atoms with E-state index in [-0.39, 0.29) is 28.8 Å². The number of alkyl halides is 3. The molecular weight excluding hydrogens is 359 g/mol. The highest BCUT2D eigenvalue weighted by molar-refractivity contribution is 7.99. The van der Waals surface area contributed by atoms with Gasteiger partial charge in [-0.3, -0.25) is 9.59 Å². The van der Waals surface area contributed by atoms with Gasteiger partial charge in [0.05, 0.1) is 23.6 Å². The van der Waals surface area contributed by atoms with Crippen LogP contribution in [0.1, 0.15) is 11.3 Å². The number of H-pyrrole nitrogens is 1. The van der Waals surface area contributed by atoms with Crippen LogP contribution in [0.3, 0.4) is 0 Å². The number of carbonyl (C=O) groups is 1. The van der Waals surface area contributed by atoms with Gasteiger partial charge in [0.2, 0.25) is 5.91 Å². The second-order valence-electron chi connectivity index (χ2n) is 4.89. The molecule has 0 aliphatic rings. The largest absolute Gasteiger partial charge is 0.416 e. The number of methoxy groups -OCH3 is 1. The number of benzene rings is 1. The zero-order valence-corrected chi connectivity index (χ0v) is 13.8. The summed E-state index contributed by atoms with van der Waals surface area (Å²) in [4.78, 5) is 29.9. The number of hydrogen-bond acceptors (Lipinski definition) is 5. The van der Waals surface area contributed by atoms with Crippen LogP contribution in [0.2, 0.25) is 0 Å². The van der Waals surface area contributed by atoms with E-state index in [0.29, 0.717) is 5.69 Å². The highest BCUT2D eigenvalue weighted by Crippen LogP contribution is 2.30. The first-order valence-corrected chi connectivity index (χ1v) is 7.95. The van der Waals surface area contributed by atoms with Gasteiger partial charge in [0.25, 0.3) is 5.56 Å². The minimum absolute atomic E-state index is 0.0370. The molecule has 2 aromatic rings. The van der Waals surface area contributed by atoms with E-state index in [1.807, 2.05) is 0 Å². The van der Waals surface area contributed by atoms with Crippen LogP contribution < -0.4 is 10.9 Å². The second kappa shape index (κ2) is 8.17. The quantitative estimate of drug-likeness (QED) is 0.601. The number of rotatable bonds is 6. The zero-order chi connectivity index (χ0) is 18.4. The predicted molar refractivity (Wildman–Crippen MR) is 86.4 cm³/mol. The maximum absolute atomic E-state index is 12.6. The van der Waals surface area contributed by atoms with E-state index in [1.165, 1.54) is 25.3 Å². The summed E-state index contributed by atoms with van der Waals surface area (Å²) in [5.41, 5.74) is -0.791. The maximum Gasteiger partial charge on any atom is 0.416 e. The van der Waals surface area contributed by atoms with Crippen molar-refractivity contribution in [2.75, 3.05) is 18.2 Å². The average Bonchev–Trinajstić information content (AvgIpc) is 2.52. The summed E-state index contributed by atoms with van der Waals surface area (Å²) in [5.74, 6) is -0.653. The number of nitrogens with one attached hydrogen (secondary N) is 2. The van der Waals surface area contributed by atoms with Crippen molar-refractivity contribution in [2.24, 2.45) is 0 Å². The zero-order valence-electron chi connectivity index (χ0n) is 13.0. The number of amides is 1. The van der Waals surface area contributed by atoms with Crippen LogP contribution in [-0.4, -0.2) is 28.7 Å². The Morgan fingerprint density at radius 1 is 1.36 bits per heavy atom. The maximum atomic E-state index is 12.6. The third-order valence-corrected chi connectivity index (χ3v) is 3.75. The van der Waals surface area contributed by atoms with E-state index in [1.54, 1.807) is 0 Å². The molecule has 0 radical (unpaired) electrons. The fourth-order valence-corrected chi connectivity index (χ4v) is 2.57. The lowest BCUT2D eigenvalue weighted by molar-refractivity contribution is -0.137. The number of aromatic amines is 1. The third kappa shape index (κ3) is 5.91. The van der Waals surface area contributed by atoms with Crippen molar-refractivity contribution in [3.05, 3.63) is 51.9 Å². The first kappa shape index (κ1) is 19.0. The molecular formula is C15H14F3N3O3S. The van der Waals surface area contributed by atoms with Crippen molar-refractivity contribution in [1.29, 1.82) is 0 Å². The van der Waals surface area contributed by atoms with Crippen molar-refractivity contribution in [2.45, 2.75) is 17.9 Å². The summed E-state index contributed by atoms with van der Waals surface area (Å²) in [6, 6.07) is 5.61. The summed E-state index contributed by atoms with van der Waals surface area (Å²) in [6.45, 7) is 0.147. The number of nitrogens with zero attached hydrogens (tertiary/aromatic N) is 1. The lowest BCUT2D eigenvalue weighted by Crippen LogP contribution is -2.16. The Kier molecular flexibility index (Phi) is 6.21. The van der Waals surface area contributed by atoms with Gasteiger partial charge >= 0.3 is 6.18 Å². The van der Waals surface area contributed by atoms with Crippen molar-refractivity contribution in [3.8, 4) is 0 Å². The van der Waals surface area contributed by atoms with Crippen LogP contribution in [0.15, 0.2) is 40.3 Å². The van der Waals surface area contributed by atoms with Crippen molar-refractivity contribution >= 4 is 23.4 Å². The van der Waals surface area contributed by atoms with Gasteiger partial charge < -0.3 is 15.0 Å². The smallest absolute Gasteiger partial charge is 0.378 e. The number of carbonyl (C=O) groups excluding carboxylic acids is 1. The summed E-state index contributed by atoms with van der Waals surface area (Å²) in [5, 5.41) is 2.60. The lowest BCUT2D eigenvalue weighted by Gasteiger charge is -2.09. The Hall–Kier alpha value is -2.33. The van der Waals surface area contributed by atoms with Crippen molar-refractivity contribution in [3.63, 3.8) is 0 Å². The molecule has 25 heavy (non-hydrogen) atoms. The molecule has 0 bridgehead atoms. The molecule has 1 heterocycles. The molecule has 0 fully saturated rings. The third-order valence-electron chi connectivity index (χ3n) is 2.88. The highest BCUT2D eigenvalue weighted by Gasteiger charge is 2.30. The molecule has 0 saturated carbocycles. The molecule has 134 valence electrons. The topological polar surface area (TPSA) is 84.1 Å². The van der Waals surface area contributed by atoms with E-state index < -0.39 is 17.6 Å². The summed E-state index contributed by atoms with van der Waals surface area (Å²) in [6.07, 6.45) is -4.49. The number of aromatic nitrogens is 2. The molecule has 0 spiro atoms. The van der Waals surface area contributed by atoms with E-state index in [0.717, 1.165) is 23.9 Å². The highest BCUT2D eigenvalue weighted by atomic mass is 32.2. The molecule has 1 aromatic carbocycles. The van der Waals surface area contributed by atoms with Crippen LogP contribution in [0.4, 0.5) is 18.9 Å². The van der Waals surface area contributed by atoms with E-state index in [2.05, 4.69) is 15.3 Å². The van der Waals surface area contributed by atoms with E-state index >= 15 is 0 Å². The van der Waals surface area contributed by atoms with Gasteiger partial charge in [-0.1, -0.05) is 17.8 Å². The molecule has 0 aliphatic carbocycles. The van der Waals surface area contributed by atoms with Crippen LogP contribution in [0, 0.1) is 0 Å². The molecule has 2 rings (SSSR count). The van der Waals surface area contributed by atoms with Gasteiger partial charge in [0.15, 0.2) is 5.16 Å². The molecule has 2 N–H and O–H groups in total. The van der Waals surface area contributed by atoms with Crippen LogP contribution in [0.5, 0.6) is 0 Å². The first-order chi connectivity index (χ1) is 11.8. The second-order valence-corrected chi connectivity index (χ2v) is 5.85. The summed E-state index contributed by atoms with van der Waals surface area (Å²) < 4.78 is 42.8. The summed E-state index contributed by atoms with van der Waals surface area (Å²) >= 11 is 0.955. The Bertz CT molecular complexity index is 808. The Balaban J connectivity index is 1.98. The molecule has 6 nitrogen and oxygen atoms in total. The number of hydrogen-bond donors (Lipinski definition) is 2. The van der Waals surface area contributed by atoms with Crippen LogP contribution in [0.25, 0.3) is 0 Å². The minimum Gasteiger partial charge on any atom is -0.378 e. The lowest BCUT2D eigenvalue weighted by atomic mass is 10.2. The fraction of sp³-hybridized carbons (Fsp3) is 0.267. The summed E-state index contributed by atoms with van der Waals surface area (Å²) in [7, 11) is 1.46. The normalized spacial score (nSPS) is 11.4. The van der Waals surface area contributed by atoms with Gasteiger partial charge in [-0.25, -0.2) is 4.98 Å². The predicted octanol–water partition coefficient (Wildman–Crippen LogP) is 2.67. The Morgan fingerprint density at radius 2 is 2.12 bits per heavy atom. The number of ether oxygens (including phenoxy) is 1. The molecule has 10 heteroatoms. The number of thioether (sulfide) groups is 1. The van der Waals surface area contributed by atoms with E-state index in [4.69, 9.17) is 4.74 Å². The molecule has 1 amide bonds. The Labute approximate surface area is 144 Å². The molecule has 0 atom stereocenters. The molecule has 0 saturated heterocycles. The molecule has 0 aliphatic heterocycles. The number of halogens is 3. The molecule has 0 unspecified atom stereocenters. The SMILES string of the molecule is COCc1cc(=O)[nH]c(SCC(=O)Nc2cccc(C(F)(F)F)c2)n1. The minimum atomic E-state index is -4.49. The Morgan fingerprint density at radius 3 is 2.80 bits per heavy atom. The number of anilines is 1. The van der Waals surface area contributed by atoms with Gasteiger partial charge in [-0.15, -0.1) is 0 Å². The van der Waals surface area contributed by atoms with Gasteiger partial charge in [0, 0.05) is 18.9 Å². The monoisotopic (exact) mass is 373 g/mol. The average molecular weight is 373 g/mol. The van der Waals surface area contributed by atoms with Crippen molar-refractivity contribution < 1.29 is 22.7 Å². The fourth-order valence-electron chi connectivity index (χ4n) is 1.88. The van der Waals surface area contributed by atoms with Gasteiger partial charge in [-0.2, -0.15) is 13.2 Å². The van der Waals surface area contributed by atoms with Gasteiger partial charge in [-0.05, 0) is 18.2 Å². The van der Waals surface area contributed by atoms with Gasteiger partial charge in [0.1, 0.15) is 0 Å². The van der Waals surface area contributed by atoms with Crippen molar-refractivity contribution in [1.82, 2.24) is 9.97 Å². The first-order valence-electron chi connectivity index (χ1n) is 6.97. The van der Waals surface area contributed by atoms with E-state index in [9.17, 15) is 22.8 Å². The van der Waals surface area contributed by atoms with Crippen LogP contribution in [-0.2, 0) is 22.3 Å². The van der Waals surface area contributed by atoms with Crippen LogP contribution >= 0.6 is 11.8 Å². The molecule has 1 aromatic heterocycles.